The molecule has 0 bridgehead atoms. The fourth-order valence-corrected chi connectivity index (χ4v) is 2.09. The van der Waals surface area contributed by atoms with E-state index in [2.05, 4.69) is 4.98 Å². The maximum Gasteiger partial charge on any atom is 0.181 e. The first-order valence-corrected chi connectivity index (χ1v) is 5.08. The van der Waals surface area contributed by atoms with E-state index in [1.54, 1.807) is 12.5 Å². The number of nitrogens with zero attached hydrogens (tertiary/aromatic N) is 1. The van der Waals surface area contributed by atoms with Gasteiger partial charge in [0.2, 0.25) is 0 Å². The predicted octanol–water partition coefficient (Wildman–Crippen LogP) is 1.75. The Morgan fingerprint density at radius 2 is 2.33 bits per heavy atom. The summed E-state index contributed by atoms with van der Waals surface area (Å²) in [6.07, 6.45) is 7.67. The molecule has 2 heterocycles. The first-order valence-electron chi connectivity index (χ1n) is 5.08. The number of hydrogen-bond acceptors (Lipinski definition) is 4. The van der Waals surface area contributed by atoms with E-state index in [4.69, 9.17) is 14.6 Å². The Balaban J connectivity index is 2.05. The van der Waals surface area contributed by atoms with Crippen LogP contribution in [0.2, 0.25) is 0 Å². The fraction of sp³-hybridized carbons (Fsp3) is 0.364. The molecule has 0 spiro atoms. The van der Waals surface area contributed by atoms with E-state index in [1.165, 1.54) is 12.0 Å². The number of oxazole rings is 1. The second-order valence-electron chi connectivity index (χ2n) is 3.92. The van der Waals surface area contributed by atoms with Gasteiger partial charge in [-0.05, 0) is 12.8 Å². The molecule has 1 atom stereocenters. The van der Waals surface area contributed by atoms with Gasteiger partial charge < -0.3 is 14.6 Å². The van der Waals surface area contributed by atoms with Gasteiger partial charge in [0.25, 0.3) is 0 Å². The van der Waals surface area contributed by atoms with Crippen LogP contribution in [0.25, 0.3) is 11.3 Å². The van der Waals surface area contributed by atoms with Crippen LogP contribution in [0.4, 0.5) is 0 Å². The molecule has 1 aliphatic carbocycles. The highest BCUT2D eigenvalue weighted by Gasteiger charge is 2.23. The zero-order valence-electron chi connectivity index (χ0n) is 8.27. The summed E-state index contributed by atoms with van der Waals surface area (Å²) in [6.45, 7) is 0. The van der Waals surface area contributed by atoms with Crippen molar-refractivity contribution in [1.29, 1.82) is 0 Å². The zero-order valence-corrected chi connectivity index (χ0v) is 8.27. The van der Waals surface area contributed by atoms with Crippen LogP contribution in [0.15, 0.2) is 27.7 Å². The highest BCUT2D eigenvalue weighted by molar-refractivity contribution is 5.61. The van der Waals surface area contributed by atoms with Crippen molar-refractivity contribution in [1.82, 2.24) is 4.98 Å². The molecule has 0 radical (unpaired) electrons. The van der Waals surface area contributed by atoms with Crippen LogP contribution in [-0.2, 0) is 12.8 Å². The largest absolute Gasteiger partial charge is 0.468 e. The Bertz CT molecular complexity index is 459. The van der Waals surface area contributed by atoms with Crippen molar-refractivity contribution in [3.8, 4) is 11.3 Å². The smallest absolute Gasteiger partial charge is 0.181 e. The lowest BCUT2D eigenvalue weighted by molar-refractivity contribution is 0.449. The maximum absolute atomic E-state index is 5.88. The number of hydrogen-bond donors (Lipinski definition) is 1. The molecule has 78 valence electrons. The molecule has 4 nitrogen and oxygen atoms in total. The van der Waals surface area contributed by atoms with E-state index < -0.39 is 0 Å². The van der Waals surface area contributed by atoms with Gasteiger partial charge in [-0.15, -0.1) is 0 Å². The van der Waals surface area contributed by atoms with Gasteiger partial charge in [-0.2, -0.15) is 0 Å². The van der Waals surface area contributed by atoms with Crippen LogP contribution in [0, 0.1) is 0 Å². The summed E-state index contributed by atoms with van der Waals surface area (Å²) in [4.78, 5) is 3.91. The lowest BCUT2D eigenvalue weighted by atomic mass is 9.92. The van der Waals surface area contributed by atoms with Gasteiger partial charge in [0.15, 0.2) is 12.2 Å². The summed E-state index contributed by atoms with van der Waals surface area (Å²) in [7, 11) is 0. The molecule has 2 N–H and O–H groups in total. The summed E-state index contributed by atoms with van der Waals surface area (Å²) < 4.78 is 10.8. The molecular formula is C11H12N2O2. The van der Waals surface area contributed by atoms with E-state index in [0.717, 1.165) is 36.3 Å². The van der Waals surface area contributed by atoms with Crippen LogP contribution in [0.1, 0.15) is 17.7 Å². The van der Waals surface area contributed by atoms with Crippen molar-refractivity contribution in [3.05, 3.63) is 30.2 Å². The van der Waals surface area contributed by atoms with Crippen LogP contribution in [0.3, 0.4) is 0 Å². The van der Waals surface area contributed by atoms with Gasteiger partial charge in [-0.1, -0.05) is 0 Å². The number of fused-ring (bicyclic) bond motifs is 1. The number of aromatic nitrogens is 1. The molecule has 2 aromatic heterocycles. The molecule has 0 saturated carbocycles. The molecule has 0 aliphatic heterocycles. The summed E-state index contributed by atoms with van der Waals surface area (Å²) in [5.41, 5.74) is 8.13. The third-order valence-corrected chi connectivity index (χ3v) is 2.89. The second kappa shape index (κ2) is 3.24. The van der Waals surface area contributed by atoms with Gasteiger partial charge in [0.1, 0.15) is 12.0 Å². The Morgan fingerprint density at radius 1 is 1.40 bits per heavy atom. The average Bonchev–Trinajstić information content (AvgIpc) is 2.82. The van der Waals surface area contributed by atoms with Gasteiger partial charge in [0, 0.05) is 18.0 Å². The summed E-state index contributed by atoms with van der Waals surface area (Å²) in [5.74, 6) is 1.77. The molecule has 0 saturated heterocycles. The van der Waals surface area contributed by atoms with Crippen molar-refractivity contribution in [2.24, 2.45) is 5.73 Å². The van der Waals surface area contributed by atoms with Crippen molar-refractivity contribution >= 4 is 0 Å². The molecule has 0 amide bonds. The molecule has 1 unspecified atom stereocenters. The Morgan fingerprint density at radius 3 is 3.13 bits per heavy atom. The molecule has 2 aromatic rings. The SMILES string of the molecule is NC1CCc2c(-c3cnco3)coc2C1. The van der Waals surface area contributed by atoms with Crippen molar-refractivity contribution < 1.29 is 8.83 Å². The number of nitrogens with two attached hydrogens (primary N) is 1. The highest BCUT2D eigenvalue weighted by atomic mass is 16.3. The van der Waals surface area contributed by atoms with Gasteiger partial charge in [-0.25, -0.2) is 4.98 Å². The average molecular weight is 204 g/mol. The molecule has 1 aliphatic rings. The standard InChI is InChI=1S/C11H12N2O2/c12-7-1-2-8-9(5-14-10(8)3-7)11-4-13-6-15-11/h4-7H,1-3,12H2. The van der Waals surface area contributed by atoms with Crippen LogP contribution in [-0.4, -0.2) is 11.0 Å². The van der Waals surface area contributed by atoms with E-state index in [-0.39, 0.29) is 6.04 Å². The van der Waals surface area contributed by atoms with Gasteiger partial charge in [0.05, 0.1) is 11.8 Å². The van der Waals surface area contributed by atoms with E-state index >= 15 is 0 Å². The molecule has 3 rings (SSSR count). The zero-order chi connectivity index (χ0) is 10.3. The minimum absolute atomic E-state index is 0.228. The maximum atomic E-state index is 5.88. The minimum Gasteiger partial charge on any atom is -0.468 e. The van der Waals surface area contributed by atoms with Gasteiger partial charge in [-0.3, -0.25) is 0 Å². The molecule has 0 fully saturated rings. The van der Waals surface area contributed by atoms with E-state index in [1.807, 2.05) is 0 Å². The first kappa shape index (κ1) is 8.73. The Kier molecular flexibility index (Phi) is 1.89. The summed E-state index contributed by atoms with van der Waals surface area (Å²) >= 11 is 0. The van der Waals surface area contributed by atoms with Crippen LogP contribution in [0.5, 0.6) is 0 Å². The minimum atomic E-state index is 0.228. The third-order valence-electron chi connectivity index (χ3n) is 2.89. The highest BCUT2D eigenvalue weighted by Crippen LogP contribution is 2.32. The molecular weight excluding hydrogens is 192 g/mol. The monoisotopic (exact) mass is 204 g/mol. The summed E-state index contributed by atoms with van der Waals surface area (Å²) in [6, 6.07) is 0.228. The fourth-order valence-electron chi connectivity index (χ4n) is 2.09. The Labute approximate surface area is 87.1 Å². The van der Waals surface area contributed by atoms with Crippen molar-refractivity contribution in [2.75, 3.05) is 0 Å². The number of furan rings is 1. The summed E-state index contributed by atoms with van der Waals surface area (Å²) in [5, 5.41) is 0. The quantitative estimate of drug-likeness (QED) is 0.768. The van der Waals surface area contributed by atoms with Gasteiger partial charge >= 0.3 is 0 Å². The molecule has 15 heavy (non-hydrogen) atoms. The van der Waals surface area contributed by atoms with E-state index in [9.17, 15) is 0 Å². The molecule has 4 heteroatoms. The van der Waals surface area contributed by atoms with E-state index in [0.29, 0.717) is 0 Å². The molecule has 0 aromatic carbocycles. The number of rotatable bonds is 1. The normalized spacial score (nSPS) is 20.2. The van der Waals surface area contributed by atoms with Crippen LogP contribution >= 0.6 is 0 Å². The Hall–Kier alpha value is -1.55. The topological polar surface area (TPSA) is 65.2 Å². The second-order valence-corrected chi connectivity index (χ2v) is 3.92. The first-order chi connectivity index (χ1) is 7.34. The lowest BCUT2D eigenvalue weighted by Gasteiger charge is -2.16. The van der Waals surface area contributed by atoms with Crippen LogP contribution < -0.4 is 5.73 Å². The third kappa shape index (κ3) is 1.37. The van der Waals surface area contributed by atoms with Crippen molar-refractivity contribution in [2.45, 2.75) is 25.3 Å². The lowest BCUT2D eigenvalue weighted by Crippen LogP contribution is -2.27. The van der Waals surface area contributed by atoms with Crippen molar-refractivity contribution in [3.63, 3.8) is 0 Å². The predicted molar refractivity (Wildman–Crippen MR) is 54.2 cm³/mol.